The summed E-state index contributed by atoms with van der Waals surface area (Å²) in [7, 11) is 0. The Bertz CT molecular complexity index is 415. The fourth-order valence-corrected chi connectivity index (χ4v) is 2.89. The molecule has 1 N–H and O–H groups in total. The molecule has 3 rings (SSSR count). The van der Waals surface area contributed by atoms with Crippen LogP contribution in [0.25, 0.3) is 0 Å². The van der Waals surface area contributed by atoms with Crippen LogP contribution in [0.4, 0.5) is 5.69 Å². The van der Waals surface area contributed by atoms with E-state index in [1.165, 1.54) is 48.1 Å². The predicted molar refractivity (Wildman–Crippen MR) is 75.5 cm³/mol. The third-order valence-corrected chi connectivity index (χ3v) is 4.70. The van der Waals surface area contributed by atoms with E-state index in [-0.39, 0.29) is 0 Å². The number of likely N-dealkylation sites (tertiary alicyclic amines) is 1. The standard InChI is InChI=1S/C14H19BrN2/c1-10-8-11(2-5-14(10)15)16-12-6-7-17(9-12)13-3-4-13/h2,5,8,12-13,16H,3-4,6-7,9H2,1H3. The van der Waals surface area contributed by atoms with Crippen LogP contribution in [-0.4, -0.2) is 30.1 Å². The Morgan fingerprint density at radius 3 is 2.82 bits per heavy atom. The number of benzene rings is 1. The molecular weight excluding hydrogens is 276 g/mol. The Morgan fingerprint density at radius 2 is 2.12 bits per heavy atom. The number of nitrogens with one attached hydrogen (secondary N) is 1. The Morgan fingerprint density at radius 1 is 1.29 bits per heavy atom. The van der Waals surface area contributed by atoms with Gasteiger partial charge in [0, 0.05) is 35.3 Å². The molecule has 0 bridgehead atoms. The molecular formula is C14H19BrN2. The van der Waals surface area contributed by atoms with Gasteiger partial charge in [-0.05, 0) is 49.9 Å². The molecule has 1 aromatic carbocycles. The zero-order valence-electron chi connectivity index (χ0n) is 10.2. The van der Waals surface area contributed by atoms with Gasteiger partial charge in [-0.2, -0.15) is 0 Å². The van der Waals surface area contributed by atoms with Crippen molar-refractivity contribution in [3.8, 4) is 0 Å². The second-order valence-electron chi connectivity index (χ2n) is 5.32. The molecule has 1 unspecified atom stereocenters. The van der Waals surface area contributed by atoms with Gasteiger partial charge in [-0.3, -0.25) is 4.90 Å². The first kappa shape index (κ1) is 11.5. The molecule has 2 aliphatic rings. The molecule has 1 heterocycles. The van der Waals surface area contributed by atoms with E-state index in [2.05, 4.69) is 51.3 Å². The minimum absolute atomic E-state index is 0.635. The van der Waals surface area contributed by atoms with Crippen molar-refractivity contribution in [3.05, 3.63) is 28.2 Å². The van der Waals surface area contributed by atoms with E-state index in [1.54, 1.807) is 0 Å². The third kappa shape index (κ3) is 2.66. The third-order valence-electron chi connectivity index (χ3n) is 3.81. The lowest BCUT2D eigenvalue weighted by Crippen LogP contribution is -2.27. The van der Waals surface area contributed by atoms with Crippen molar-refractivity contribution in [2.24, 2.45) is 0 Å². The van der Waals surface area contributed by atoms with Crippen LogP contribution in [0.5, 0.6) is 0 Å². The van der Waals surface area contributed by atoms with E-state index in [0.717, 1.165) is 6.04 Å². The van der Waals surface area contributed by atoms with Gasteiger partial charge in [0.05, 0.1) is 0 Å². The molecule has 3 heteroatoms. The summed E-state index contributed by atoms with van der Waals surface area (Å²) in [6, 6.07) is 8.07. The monoisotopic (exact) mass is 294 g/mol. The number of anilines is 1. The lowest BCUT2D eigenvalue weighted by Gasteiger charge is -2.17. The van der Waals surface area contributed by atoms with Crippen LogP contribution in [0.1, 0.15) is 24.8 Å². The molecule has 1 atom stereocenters. The van der Waals surface area contributed by atoms with E-state index in [4.69, 9.17) is 0 Å². The van der Waals surface area contributed by atoms with Crippen LogP contribution < -0.4 is 5.32 Å². The highest BCUT2D eigenvalue weighted by Gasteiger charge is 2.34. The maximum atomic E-state index is 3.66. The van der Waals surface area contributed by atoms with E-state index >= 15 is 0 Å². The van der Waals surface area contributed by atoms with Crippen molar-refractivity contribution in [1.82, 2.24) is 4.90 Å². The van der Waals surface area contributed by atoms with Crippen LogP contribution in [0.3, 0.4) is 0 Å². The fourth-order valence-electron chi connectivity index (χ4n) is 2.65. The summed E-state index contributed by atoms with van der Waals surface area (Å²) in [6.45, 7) is 4.64. The lowest BCUT2D eigenvalue weighted by molar-refractivity contribution is 0.326. The van der Waals surface area contributed by atoms with Gasteiger partial charge < -0.3 is 5.32 Å². The Labute approximate surface area is 112 Å². The SMILES string of the molecule is Cc1cc(NC2CCN(C3CC3)C2)ccc1Br. The molecule has 17 heavy (non-hydrogen) atoms. The van der Waals surface area contributed by atoms with Crippen molar-refractivity contribution in [2.75, 3.05) is 18.4 Å². The van der Waals surface area contributed by atoms with Crippen molar-refractivity contribution in [1.29, 1.82) is 0 Å². The highest BCUT2D eigenvalue weighted by Crippen LogP contribution is 2.31. The Kier molecular flexibility index (Phi) is 3.14. The minimum Gasteiger partial charge on any atom is -0.381 e. The van der Waals surface area contributed by atoms with E-state index < -0.39 is 0 Å². The molecule has 0 spiro atoms. The largest absolute Gasteiger partial charge is 0.381 e. The number of hydrogen-bond donors (Lipinski definition) is 1. The second-order valence-corrected chi connectivity index (χ2v) is 6.17. The van der Waals surface area contributed by atoms with Gasteiger partial charge in [0.25, 0.3) is 0 Å². The predicted octanol–water partition coefficient (Wildman–Crippen LogP) is 3.41. The summed E-state index contributed by atoms with van der Waals surface area (Å²) in [5.41, 5.74) is 2.56. The van der Waals surface area contributed by atoms with Gasteiger partial charge >= 0.3 is 0 Å². The minimum atomic E-state index is 0.635. The van der Waals surface area contributed by atoms with Crippen molar-refractivity contribution in [2.45, 2.75) is 38.3 Å². The molecule has 2 nitrogen and oxygen atoms in total. The molecule has 1 aliphatic heterocycles. The maximum Gasteiger partial charge on any atom is 0.0400 e. The van der Waals surface area contributed by atoms with Crippen molar-refractivity contribution in [3.63, 3.8) is 0 Å². The topological polar surface area (TPSA) is 15.3 Å². The summed E-state index contributed by atoms with van der Waals surface area (Å²) in [6.07, 6.45) is 4.12. The molecule has 0 amide bonds. The normalized spacial score (nSPS) is 25.2. The smallest absolute Gasteiger partial charge is 0.0400 e. The van der Waals surface area contributed by atoms with Gasteiger partial charge in [0.1, 0.15) is 0 Å². The first-order chi connectivity index (χ1) is 8.22. The Hall–Kier alpha value is -0.540. The Balaban J connectivity index is 1.61. The second kappa shape index (κ2) is 4.62. The summed E-state index contributed by atoms with van der Waals surface area (Å²) in [5, 5.41) is 3.66. The van der Waals surface area contributed by atoms with Crippen LogP contribution in [0.15, 0.2) is 22.7 Å². The summed E-state index contributed by atoms with van der Waals surface area (Å²) in [4.78, 5) is 2.64. The van der Waals surface area contributed by atoms with E-state index in [0.29, 0.717) is 6.04 Å². The van der Waals surface area contributed by atoms with Crippen LogP contribution in [0, 0.1) is 6.92 Å². The summed E-state index contributed by atoms with van der Waals surface area (Å²) >= 11 is 3.54. The average Bonchev–Trinajstić information content (AvgIpc) is 3.06. The van der Waals surface area contributed by atoms with Crippen molar-refractivity contribution >= 4 is 21.6 Å². The average molecular weight is 295 g/mol. The molecule has 1 aromatic rings. The first-order valence-electron chi connectivity index (χ1n) is 6.49. The van der Waals surface area contributed by atoms with Crippen LogP contribution in [-0.2, 0) is 0 Å². The van der Waals surface area contributed by atoms with E-state index in [9.17, 15) is 0 Å². The van der Waals surface area contributed by atoms with Gasteiger partial charge in [0.15, 0.2) is 0 Å². The highest BCUT2D eigenvalue weighted by atomic mass is 79.9. The quantitative estimate of drug-likeness (QED) is 0.919. The number of aryl methyl sites for hydroxylation is 1. The number of hydrogen-bond acceptors (Lipinski definition) is 2. The van der Waals surface area contributed by atoms with Crippen LogP contribution in [0.2, 0.25) is 0 Å². The molecule has 1 saturated heterocycles. The molecule has 0 radical (unpaired) electrons. The fraction of sp³-hybridized carbons (Fsp3) is 0.571. The van der Waals surface area contributed by atoms with E-state index in [1.807, 2.05) is 0 Å². The molecule has 92 valence electrons. The zero-order valence-corrected chi connectivity index (χ0v) is 11.8. The number of halogens is 1. The molecule has 1 saturated carbocycles. The maximum absolute atomic E-state index is 3.66. The van der Waals surface area contributed by atoms with Crippen molar-refractivity contribution < 1.29 is 0 Å². The summed E-state index contributed by atoms with van der Waals surface area (Å²) in [5.74, 6) is 0. The highest BCUT2D eigenvalue weighted by molar-refractivity contribution is 9.10. The van der Waals surface area contributed by atoms with Gasteiger partial charge in [-0.15, -0.1) is 0 Å². The summed E-state index contributed by atoms with van der Waals surface area (Å²) < 4.78 is 1.19. The molecule has 1 aliphatic carbocycles. The number of nitrogens with zero attached hydrogens (tertiary/aromatic N) is 1. The zero-order chi connectivity index (χ0) is 11.8. The van der Waals surface area contributed by atoms with Crippen LogP contribution >= 0.6 is 15.9 Å². The number of rotatable bonds is 3. The molecule has 0 aromatic heterocycles. The van der Waals surface area contributed by atoms with Gasteiger partial charge in [0.2, 0.25) is 0 Å². The van der Waals surface area contributed by atoms with Gasteiger partial charge in [-0.1, -0.05) is 15.9 Å². The van der Waals surface area contributed by atoms with Gasteiger partial charge in [-0.25, -0.2) is 0 Å². The first-order valence-corrected chi connectivity index (χ1v) is 7.28. The lowest BCUT2D eigenvalue weighted by atomic mass is 10.2. The molecule has 2 fully saturated rings.